The minimum Gasteiger partial charge on any atom is -0.389 e. The molecule has 0 aliphatic carbocycles. The van der Waals surface area contributed by atoms with Crippen LogP contribution < -0.4 is 5.73 Å². The summed E-state index contributed by atoms with van der Waals surface area (Å²) in [5.74, 6) is 0.156. The number of nitrogen functional groups attached to an aromatic ring is 1. The Morgan fingerprint density at radius 2 is 2.10 bits per heavy atom. The first-order valence-electron chi connectivity index (χ1n) is 6.60. The molecule has 1 aliphatic rings. The van der Waals surface area contributed by atoms with Crippen LogP contribution in [-0.4, -0.2) is 58.3 Å². The van der Waals surface area contributed by atoms with E-state index in [0.29, 0.717) is 19.7 Å². The van der Waals surface area contributed by atoms with Gasteiger partial charge in [-0.25, -0.2) is 9.97 Å². The molecule has 0 saturated carbocycles. The van der Waals surface area contributed by atoms with Crippen molar-refractivity contribution in [2.24, 2.45) is 0 Å². The summed E-state index contributed by atoms with van der Waals surface area (Å²) in [6, 6.07) is 0. The van der Waals surface area contributed by atoms with Gasteiger partial charge in [-0.05, 0) is 13.8 Å². The monoisotopic (exact) mass is 280 g/mol. The fourth-order valence-corrected chi connectivity index (χ4v) is 2.30. The molecule has 3 N–H and O–H groups in total. The summed E-state index contributed by atoms with van der Waals surface area (Å²) in [6.45, 7) is 5.13. The Morgan fingerprint density at radius 1 is 1.45 bits per heavy atom. The van der Waals surface area contributed by atoms with Crippen LogP contribution in [0.3, 0.4) is 0 Å². The molecule has 110 valence electrons. The van der Waals surface area contributed by atoms with E-state index in [2.05, 4.69) is 9.97 Å². The molecule has 0 unspecified atom stereocenters. The number of nitrogens with two attached hydrogens (primary N) is 1. The first-order chi connectivity index (χ1) is 9.47. The van der Waals surface area contributed by atoms with Gasteiger partial charge in [-0.2, -0.15) is 0 Å². The average Bonchev–Trinajstić information content (AvgIpc) is 2.58. The van der Waals surface area contributed by atoms with Gasteiger partial charge in [-0.3, -0.25) is 4.79 Å². The Hall–Kier alpha value is -1.73. The number of aliphatic hydroxyl groups is 1. The first-order valence-corrected chi connectivity index (χ1v) is 6.60. The highest BCUT2D eigenvalue weighted by Gasteiger charge is 2.22. The Morgan fingerprint density at radius 3 is 2.75 bits per heavy atom. The number of hydrogen-bond acceptors (Lipinski definition) is 6. The van der Waals surface area contributed by atoms with Gasteiger partial charge in [0.25, 0.3) is 0 Å². The molecule has 20 heavy (non-hydrogen) atoms. The minimum absolute atomic E-state index is 0.0610. The van der Waals surface area contributed by atoms with Crippen LogP contribution in [0.25, 0.3) is 0 Å². The quantitative estimate of drug-likeness (QED) is 0.753. The zero-order valence-corrected chi connectivity index (χ0v) is 11.8. The minimum atomic E-state index is -0.633. The molecular weight excluding hydrogens is 260 g/mol. The van der Waals surface area contributed by atoms with Crippen molar-refractivity contribution in [3.05, 3.63) is 17.0 Å². The van der Waals surface area contributed by atoms with Gasteiger partial charge in [0.05, 0.1) is 25.7 Å². The number of hydrogen-bond donors (Lipinski definition) is 2. The lowest BCUT2D eigenvalue weighted by Crippen LogP contribution is -2.38. The van der Waals surface area contributed by atoms with Crippen molar-refractivity contribution < 1.29 is 14.6 Å². The summed E-state index contributed by atoms with van der Waals surface area (Å²) >= 11 is 0. The number of β-amino-alcohol motifs (C(OH)–C–C–N with tert-alkyl or cyclic N) is 1. The lowest BCUT2D eigenvalue weighted by molar-refractivity contribution is -0.131. The van der Waals surface area contributed by atoms with E-state index in [4.69, 9.17) is 10.5 Å². The van der Waals surface area contributed by atoms with Crippen LogP contribution in [-0.2, 0) is 16.0 Å². The topological polar surface area (TPSA) is 102 Å². The van der Waals surface area contributed by atoms with Crippen LogP contribution in [0.5, 0.6) is 0 Å². The molecule has 2 heterocycles. The molecule has 1 atom stereocenters. The predicted molar refractivity (Wildman–Crippen MR) is 73.0 cm³/mol. The molecule has 1 aliphatic heterocycles. The largest absolute Gasteiger partial charge is 0.389 e. The third-order valence-electron chi connectivity index (χ3n) is 3.37. The fourth-order valence-electron chi connectivity index (χ4n) is 2.30. The van der Waals surface area contributed by atoms with Gasteiger partial charge < -0.3 is 20.5 Å². The molecule has 0 spiro atoms. The third-order valence-corrected chi connectivity index (χ3v) is 3.37. The van der Waals surface area contributed by atoms with E-state index >= 15 is 0 Å². The van der Waals surface area contributed by atoms with E-state index in [-0.39, 0.29) is 24.9 Å². The van der Waals surface area contributed by atoms with Gasteiger partial charge in [0.15, 0.2) is 0 Å². The Kier molecular flexibility index (Phi) is 4.51. The molecule has 1 aromatic rings. The second kappa shape index (κ2) is 6.15. The number of aliphatic hydroxyl groups excluding tert-OH is 1. The molecule has 0 radical (unpaired) electrons. The van der Waals surface area contributed by atoms with Gasteiger partial charge >= 0.3 is 0 Å². The number of aromatic nitrogens is 2. The van der Waals surface area contributed by atoms with Crippen molar-refractivity contribution >= 4 is 11.9 Å². The number of amides is 1. The van der Waals surface area contributed by atoms with E-state index in [1.54, 1.807) is 4.90 Å². The summed E-state index contributed by atoms with van der Waals surface area (Å²) in [6.07, 6.45) is -0.420. The highest BCUT2D eigenvalue weighted by Crippen LogP contribution is 2.14. The van der Waals surface area contributed by atoms with Crippen molar-refractivity contribution in [3.63, 3.8) is 0 Å². The van der Waals surface area contributed by atoms with Gasteiger partial charge in [0.1, 0.15) is 0 Å². The number of nitrogens with zero attached hydrogens (tertiary/aromatic N) is 3. The van der Waals surface area contributed by atoms with E-state index in [9.17, 15) is 9.90 Å². The number of ether oxygens (including phenoxy) is 1. The number of carbonyl (C=O) groups excluding carboxylic acids is 1. The summed E-state index contributed by atoms with van der Waals surface area (Å²) in [5, 5.41) is 9.66. The van der Waals surface area contributed by atoms with Gasteiger partial charge in [0, 0.05) is 30.0 Å². The summed E-state index contributed by atoms with van der Waals surface area (Å²) < 4.78 is 5.22. The van der Waals surface area contributed by atoms with Crippen LogP contribution in [0.4, 0.5) is 5.95 Å². The summed E-state index contributed by atoms with van der Waals surface area (Å²) in [5.41, 5.74) is 7.80. The number of anilines is 1. The van der Waals surface area contributed by atoms with Gasteiger partial charge in [-0.15, -0.1) is 0 Å². The average molecular weight is 280 g/mol. The van der Waals surface area contributed by atoms with Crippen LogP contribution in [0.15, 0.2) is 0 Å². The van der Waals surface area contributed by atoms with Crippen LogP contribution in [0.1, 0.15) is 17.0 Å². The van der Waals surface area contributed by atoms with Crippen LogP contribution in [0.2, 0.25) is 0 Å². The molecule has 7 heteroatoms. The molecule has 1 aromatic heterocycles. The maximum Gasteiger partial charge on any atom is 0.227 e. The maximum absolute atomic E-state index is 12.3. The van der Waals surface area contributed by atoms with Crippen LogP contribution >= 0.6 is 0 Å². The summed E-state index contributed by atoms with van der Waals surface area (Å²) in [4.78, 5) is 22.1. The van der Waals surface area contributed by atoms with Gasteiger partial charge in [-0.1, -0.05) is 0 Å². The molecule has 7 nitrogen and oxygen atoms in total. The highest BCUT2D eigenvalue weighted by molar-refractivity contribution is 5.79. The summed E-state index contributed by atoms with van der Waals surface area (Å²) in [7, 11) is 0. The Labute approximate surface area is 117 Å². The molecule has 1 amide bonds. The van der Waals surface area contributed by atoms with Crippen molar-refractivity contribution in [2.45, 2.75) is 26.4 Å². The standard InChI is InChI=1S/C13H20N4O3/c1-8-11(9(2)16-13(14)15-8)5-12(19)17-3-4-20-7-10(18)6-17/h10,18H,3-7H2,1-2H3,(H2,14,15,16)/t10-/m0/s1. The van der Waals surface area contributed by atoms with E-state index in [0.717, 1.165) is 17.0 Å². The predicted octanol–water partition coefficient (Wildman–Crippen LogP) is -0.562. The van der Waals surface area contributed by atoms with Crippen molar-refractivity contribution in [3.8, 4) is 0 Å². The molecule has 1 saturated heterocycles. The Balaban J connectivity index is 2.11. The maximum atomic E-state index is 12.3. The van der Waals surface area contributed by atoms with Crippen molar-refractivity contribution in [1.82, 2.24) is 14.9 Å². The number of aryl methyl sites for hydroxylation is 2. The second-order valence-electron chi connectivity index (χ2n) is 4.98. The van der Waals surface area contributed by atoms with E-state index in [1.807, 2.05) is 13.8 Å². The van der Waals surface area contributed by atoms with Crippen molar-refractivity contribution in [1.29, 1.82) is 0 Å². The molecule has 1 fully saturated rings. The zero-order valence-electron chi connectivity index (χ0n) is 11.8. The molecular formula is C13H20N4O3. The van der Waals surface area contributed by atoms with Crippen LogP contribution in [0, 0.1) is 13.8 Å². The SMILES string of the molecule is Cc1nc(N)nc(C)c1CC(=O)N1CCOC[C@@H](O)C1. The zero-order chi connectivity index (χ0) is 14.7. The van der Waals surface area contributed by atoms with Gasteiger partial charge in [0.2, 0.25) is 11.9 Å². The van der Waals surface area contributed by atoms with E-state index < -0.39 is 6.10 Å². The smallest absolute Gasteiger partial charge is 0.227 e. The number of carbonyl (C=O) groups is 1. The van der Waals surface area contributed by atoms with Crippen molar-refractivity contribution in [2.75, 3.05) is 32.0 Å². The fraction of sp³-hybridized carbons (Fsp3) is 0.615. The highest BCUT2D eigenvalue weighted by atomic mass is 16.5. The third kappa shape index (κ3) is 3.43. The lowest BCUT2D eigenvalue weighted by atomic mass is 10.1. The van der Waals surface area contributed by atoms with E-state index in [1.165, 1.54) is 0 Å². The first kappa shape index (κ1) is 14.7. The molecule has 2 rings (SSSR count). The molecule has 0 bridgehead atoms. The lowest BCUT2D eigenvalue weighted by Gasteiger charge is -2.22. The normalized spacial score (nSPS) is 19.8. The Bertz CT molecular complexity index is 483. The number of rotatable bonds is 2. The second-order valence-corrected chi connectivity index (χ2v) is 4.98. The molecule has 0 aromatic carbocycles.